The Morgan fingerprint density at radius 1 is 1.67 bits per heavy atom. The summed E-state index contributed by atoms with van der Waals surface area (Å²) >= 11 is 1.61. The van der Waals surface area contributed by atoms with Crippen LogP contribution in [0.4, 0.5) is 0 Å². The van der Waals surface area contributed by atoms with Crippen LogP contribution in [0.15, 0.2) is 23.2 Å². The molecule has 0 fully saturated rings. The number of rotatable bonds is 3. The number of hydrogen-bond acceptors (Lipinski definition) is 4. The fourth-order valence-electron chi connectivity index (χ4n) is 1.18. The smallest absolute Gasteiger partial charge is 0.289 e. The van der Waals surface area contributed by atoms with Gasteiger partial charge in [-0.05, 0) is 29.3 Å². The van der Waals surface area contributed by atoms with Gasteiger partial charge in [0.1, 0.15) is 6.33 Å². The number of aromatic nitrogens is 3. The minimum atomic E-state index is -0.244. The predicted octanol–water partition coefficient (Wildman–Crippen LogP) is 1.36. The fourth-order valence-corrected chi connectivity index (χ4v) is 1.94. The van der Waals surface area contributed by atoms with Crippen LogP contribution in [0.2, 0.25) is 0 Å². The second kappa shape index (κ2) is 4.22. The molecule has 0 saturated carbocycles. The summed E-state index contributed by atoms with van der Waals surface area (Å²) < 4.78 is 0. The van der Waals surface area contributed by atoms with Gasteiger partial charge in [0.25, 0.3) is 5.91 Å². The SMILES string of the molecule is CC(NC(=O)c1ncn[nH]1)c1ccsc1. The van der Waals surface area contributed by atoms with E-state index in [0.717, 1.165) is 5.56 Å². The average Bonchev–Trinajstić information content (AvgIpc) is 2.91. The summed E-state index contributed by atoms with van der Waals surface area (Å²) in [6.45, 7) is 1.93. The van der Waals surface area contributed by atoms with E-state index in [1.807, 2.05) is 23.8 Å². The largest absolute Gasteiger partial charge is 0.343 e. The maximum Gasteiger partial charge on any atom is 0.289 e. The Bertz CT molecular complexity index is 423. The first-order valence-corrected chi connectivity index (χ1v) is 5.40. The molecule has 0 spiro atoms. The standard InChI is InChI=1S/C9H10N4OS/c1-6(7-2-3-15-4-7)12-9(14)8-10-5-11-13-8/h2-6H,1H3,(H,12,14)(H,10,11,13). The first-order chi connectivity index (χ1) is 7.27. The highest BCUT2D eigenvalue weighted by Gasteiger charge is 2.13. The Morgan fingerprint density at radius 2 is 2.53 bits per heavy atom. The number of hydrogen-bond donors (Lipinski definition) is 2. The minimum Gasteiger partial charge on any atom is -0.343 e. The molecule has 0 aliphatic rings. The van der Waals surface area contributed by atoms with Gasteiger partial charge >= 0.3 is 0 Å². The number of nitrogens with one attached hydrogen (secondary N) is 2. The Kier molecular flexibility index (Phi) is 2.77. The third-order valence-electron chi connectivity index (χ3n) is 2.02. The minimum absolute atomic E-state index is 0.0196. The lowest BCUT2D eigenvalue weighted by Gasteiger charge is -2.10. The van der Waals surface area contributed by atoms with E-state index in [1.165, 1.54) is 6.33 Å². The number of H-pyrrole nitrogens is 1. The molecule has 2 rings (SSSR count). The number of carbonyl (C=O) groups excluding carboxylic acids is 1. The van der Waals surface area contributed by atoms with Crippen LogP contribution in [0.1, 0.15) is 29.1 Å². The number of aromatic amines is 1. The van der Waals surface area contributed by atoms with Gasteiger partial charge in [0.2, 0.25) is 5.82 Å². The maximum atomic E-state index is 11.6. The monoisotopic (exact) mass is 222 g/mol. The molecular weight excluding hydrogens is 212 g/mol. The highest BCUT2D eigenvalue weighted by atomic mass is 32.1. The summed E-state index contributed by atoms with van der Waals surface area (Å²) in [6.07, 6.45) is 1.31. The summed E-state index contributed by atoms with van der Waals surface area (Å²) in [5.74, 6) is -0.0109. The van der Waals surface area contributed by atoms with E-state index in [0.29, 0.717) is 0 Å². The molecule has 5 nitrogen and oxygen atoms in total. The summed E-state index contributed by atoms with van der Waals surface area (Å²) in [5.41, 5.74) is 1.09. The van der Waals surface area contributed by atoms with Crippen LogP contribution >= 0.6 is 11.3 Å². The molecule has 0 saturated heterocycles. The Balaban J connectivity index is 2.01. The van der Waals surface area contributed by atoms with Crippen molar-refractivity contribution in [3.63, 3.8) is 0 Å². The zero-order valence-electron chi connectivity index (χ0n) is 8.10. The Hall–Kier alpha value is -1.69. The molecule has 0 aliphatic carbocycles. The summed E-state index contributed by atoms with van der Waals surface area (Å²) in [5, 5.41) is 12.9. The van der Waals surface area contributed by atoms with Gasteiger partial charge in [-0.2, -0.15) is 16.4 Å². The molecule has 1 amide bonds. The normalized spacial score (nSPS) is 12.3. The van der Waals surface area contributed by atoms with Crippen LogP contribution in [0.3, 0.4) is 0 Å². The van der Waals surface area contributed by atoms with Crippen molar-refractivity contribution in [1.82, 2.24) is 20.5 Å². The van der Waals surface area contributed by atoms with Crippen LogP contribution in [-0.2, 0) is 0 Å². The van der Waals surface area contributed by atoms with Gasteiger partial charge < -0.3 is 5.32 Å². The molecule has 15 heavy (non-hydrogen) atoms. The summed E-state index contributed by atoms with van der Waals surface area (Å²) in [4.78, 5) is 15.3. The van der Waals surface area contributed by atoms with Crippen molar-refractivity contribution in [3.8, 4) is 0 Å². The second-order valence-corrected chi connectivity index (χ2v) is 3.87. The van der Waals surface area contributed by atoms with Gasteiger partial charge in [-0.1, -0.05) is 0 Å². The molecule has 2 aromatic rings. The number of amides is 1. The lowest BCUT2D eigenvalue weighted by Crippen LogP contribution is -2.27. The molecule has 0 radical (unpaired) electrons. The molecule has 2 N–H and O–H groups in total. The maximum absolute atomic E-state index is 11.6. The third-order valence-corrected chi connectivity index (χ3v) is 2.72. The van der Waals surface area contributed by atoms with Crippen LogP contribution in [0, 0.1) is 0 Å². The van der Waals surface area contributed by atoms with Crippen molar-refractivity contribution in [3.05, 3.63) is 34.5 Å². The third kappa shape index (κ3) is 2.21. The van der Waals surface area contributed by atoms with E-state index < -0.39 is 0 Å². The zero-order valence-corrected chi connectivity index (χ0v) is 8.91. The molecule has 6 heteroatoms. The van der Waals surface area contributed by atoms with Gasteiger partial charge in [-0.3, -0.25) is 9.89 Å². The molecule has 0 bridgehead atoms. The van der Waals surface area contributed by atoms with Crippen molar-refractivity contribution in [2.75, 3.05) is 0 Å². The van der Waals surface area contributed by atoms with Crippen LogP contribution in [0.25, 0.3) is 0 Å². The van der Waals surface area contributed by atoms with Gasteiger partial charge in [0.15, 0.2) is 0 Å². The van der Waals surface area contributed by atoms with Gasteiger partial charge in [0.05, 0.1) is 6.04 Å². The second-order valence-electron chi connectivity index (χ2n) is 3.09. The first-order valence-electron chi connectivity index (χ1n) is 4.45. The lowest BCUT2D eigenvalue weighted by molar-refractivity contribution is 0.0930. The fraction of sp³-hybridized carbons (Fsp3) is 0.222. The van der Waals surface area contributed by atoms with Crippen molar-refractivity contribution in [2.45, 2.75) is 13.0 Å². The average molecular weight is 222 g/mol. The molecular formula is C9H10N4OS. The predicted molar refractivity (Wildman–Crippen MR) is 56.6 cm³/mol. The quantitative estimate of drug-likeness (QED) is 0.823. The van der Waals surface area contributed by atoms with Crippen LogP contribution < -0.4 is 5.32 Å². The van der Waals surface area contributed by atoms with E-state index in [1.54, 1.807) is 11.3 Å². The van der Waals surface area contributed by atoms with E-state index in [-0.39, 0.29) is 17.8 Å². The number of nitrogens with zero attached hydrogens (tertiary/aromatic N) is 2. The van der Waals surface area contributed by atoms with Gasteiger partial charge in [0, 0.05) is 0 Å². The summed E-state index contributed by atoms with van der Waals surface area (Å²) in [7, 11) is 0. The van der Waals surface area contributed by atoms with E-state index >= 15 is 0 Å². The van der Waals surface area contributed by atoms with Crippen LogP contribution in [-0.4, -0.2) is 21.1 Å². The van der Waals surface area contributed by atoms with Gasteiger partial charge in [-0.15, -0.1) is 0 Å². The van der Waals surface area contributed by atoms with Crippen molar-refractivity contribution in [2.24, 2.45) is 0 Å². The van der Waals surface area contributed by atoms with E-state index in [9.17, 15) is 4.79 Å². The highest BCUT2D eigenvalue weighted by Crippen LogP contribution is 2.15. The lowest BCUT2D eigenvalue weighted by atomic mass is 10.2. The zero-order chi connectivity index (χ0) is 10.7. The first kappa shape index (κ1) is 9.85. The molecule has 0 aliphatic heterocycles. The molecule has 0 aromatic carbocycles. The molecule has 1 unspecified atom stereocenters. The highest BCUT2D eigenvalue weighted by molar-refractivity contribution is 7.07. The molecule has 78 valence electrons. The van der Waals surface area contributed by atoms with Gasteiger partial charge in [-0.25, -0.2) is 4.98 Å². The Labute approximate surface area is 90.6 Å². The van der Waals surface area contributed by atoms with Crippen molar-refractivity contribution < 1.29 is 4.79 Å². The Morgan fingerprint density at radius 3 is 3.13 bits per heavy atom. The topological polar surface area (TPSA) is 70.7 Å². The molecule has 2 heterocycles. The van der Waals surface area contributed by atoms with Crippen molar-refractivity contribution >= 4 is 17.2 Å². The molecule has 2 aromatic heterocycles. The number of carbonyl (C=O) groups is 1. The van der Waals surface area contributed by atoms with E-state index in [4.69, 9.17) is 0 Å². The summed E-state index contributed by atoms with van der Waals surface area (Å²) in [6, 6.07) is 1.96. The number of thiophene rings is 1. The van der Waals surface area contributed by atoms with Crippen LogP contribution in [0.5, 0.6) is 0 Å². The molecule has 1 atom stereocenters. The van der Waals surface area contributed by atoms with E-state index in [2.05, 4.69) is 20.5 Å². The van der Waals surface area contributed by atoms with Crippen molar-refractivity contribution in [1.29, 1.82) is 0 Å².